The summed E-state index contributed by atoms with van der Waals surface area (Å²) in [7, 11) is 0. The number of anilines is 2. The van der Waals surface area contributed by atoms with Gasteiger partial charge in [0.05, 0.1) is 11.9 Å². The van der Waals surface area contributed by atoms with E-state index in [-0.39, 0.29) is 11.6 Å². The summed E-state index contributed by atoms with van der Waals surface area (Å²) in [5, 5.41) is 3.17. The number of carbonyl (C=O) groups is 1. The van der Waals surface area contributed by atoms with E-state index in [4.69, 9.17) is 0 Å². The quantitative estimate of drug-likeness (QED) is 0.530. The molecule has 0 radical (unpaired) electrons. The number of aryl methyl sites for hydroxylation is 2. The molecule has 0 spiro atoms. The third-order valence-corrected chi connectivity index (χ3v) is 3.62. The van der Waals surface area contributed by atoms with Gasteiger partial charge in [-0.3, -0.25) is 9.78 Å². The number of pyridine rings is 2. The van der Waals surface area contributed by atoms with Crippen LogP contribution in [-0.4, -0.2) is 15.8 Å². The molecule has 0 atom stereocenters. The number of hydrogen-bond donors (Lipinski definition) is 1. The number of carbonyl (C=O) groups excluding carboxylic acids is 1. The molecule has 0 amide bonds. The van der Waals surface area contributed by atoms with Crippen molar-refractivity contribution in [1.29, 1.82) is 0 Å². The molecule has 3 rings (SSSR count). The van der Waals surface area contributed by atoms with Gasteiger partial charge in [-0.1, -0.05) is 0 Å². The normalized spacial score (nSPS) is 9.88. The van der Waals surface area contributed by atoms with Gasteiger partial charge in [0.1, 0.15) is 5.82 Å². The molecule has 4 nitrogen and oxygen atoms in total. The molecule has 3 aromatic rings. The Morgan fingerprint density at radius 1 is 1.00 bits per heavy atom. The zero-order chi connectivity index (χ0) is 19.1. The number of Topliss-reactive ketones (excluding diaryl/α,β-unsaturated/α-hetero) is 1. The Bertz CT molecular complexity index is 896. The number of benzene rings is 1. The number of rotatable bonds is 3. The second-order valence-electron chi connectivity index (χ2n) is 5.70. The molecule has 2 heterocycles. The highest BCUT2D eigenvalue weighted by molar-refractivity contribution is 5.95. The number of ketones is 1. The van der Waals surface area contributed by atoms with Crippen LogP contribution in [0.4, 0.5) is 20.2 Å². The summed E-state index contributed by atoms with van der Waals surface area (Å²) in [5.41, 5.74) is 4.00. The van der Waals surface area contributed by atoms with Gasteiger partial charge < -0.3 is 5.32 Å². The number of halogens is 2. The largest absolute Gasteiger partial charge is 0.354 e. The zero-order valence-electron chi connectivity index (χ0n) is 14.8. The van der Waals surface area contributed by atoms with E-state index in [1.165, 1.54) is 31.3 Å². The Morgan fingerprint density at radius 2 is 1.69 bits per heavy atom. The fraction of sp³-hybridized carbons (Fsp3) is 0.150. The van der Waals surface area contributed by atoms with Gasteiger partial charge in [0.25, 0.3) is 0 Å². The van der Waals surface area contributed by atoms with Crippen LogP contribution in [0, 0.1) is 25.6 Å². The maximum absolute atomic E-state index is 12.7. The number of nitrogens with zero attached hydrogens (tertiary/aromatic N) is 2. The minimum Gasteiger partial charge on any atom is -0.354 e. The van der Waals surface area contributed by atoms with Gasteiger partial charge in [-0.15, -0.1) is 0 Å². The monoisotopic (exact) mass is 355 g/mol. The van der Waals surface area contributed by atoms with Crippen molar-refractivity contribution in [1.82, 2.24) is 9.97 Å². The van der Waals surface area contributed by atoms with Gasteiger partial charge in [0.15, 0.2) is 5.78 Å². The Hall–Kier alpha value is -3.15. The van der Waals surface area contributed by atoms with Crippen LogP contribution >= 0.6 is 0 Å². The molecule has 0 aliphatic rings. The van der Waals surface area contributed by atoms with Crippen LogP contribution in [0.2, 0.25) is 0 Å². The smallest absolute Gasteiger partial charge is 0.213 e. The molecule has 6 heteroatoms. The summed E-state index contributed by atoms with van der Waals surface area (Å²) < 4.78 is 25.1. The van der Waals surface area contributed by atoms with Crippen LogP contribution in [0.25, 0.3) is 0 Å². The van der Waals surface area contributed by atoms with E-state index in [1.54, 1.807) is 31.5 Å². The maximum Gasteiger partial charge on any atom is 0.213 e. The minimum atomic E-state index is -0.549. The second-order valence-corrected chi connectivity index (χ2v) is 5.70. The molecule has 0 fully saturated rings. The number of hydrogen-bond acceptors (Lipinski definition) is 4. The van der Waals surface area contributed by atoms with Crippen LogP contribution in [0.5, 0.6) is 0 Å². The molecule has 0 aliphatic heterocycles. The van der Waals surface area contributed by atoms with Crippen molar-refractivity contribution in [2.24, 2.45) is 0 Å². The standard InChI is InChI=1S/C12H11FN2.C8H8FNO/c1-9-6-7-14-8-12(9)15-11-4-2-10(13)3-5-11;1-5-3-8(9)10-4-7(5)6(2)11/h2-8,15H,1H3;3-4H,1-2H3. The van der Waals surface area contributed by atoms with E-state index in [1.807, 2.05) is 13.0 Å². The average Bonchev–Trinajstić information content (AvgIpc) is 2.59. The van der Waals surface area contributed by atoms with E-state index in [0.717, 1.165) is 16.9 Å². The van der Waals surface area contributed by atoms with E-state index >= 15 is 0 Å². The first kappa shape index (κ1) is 19.2. The average molecular weight is 355 g/mol. The topological polar surface area (TPSA) is 54.9 Å². The predicted octanol–water partition coefficient (Wildman–Crippen LogP) is 5.00. The van der Waals surface area contributed by atoms with Crippen molar-refractivity contribution in [3.05, 3.63) is 83.4 Å². The molecule has 134 valence electrons. The first-order valence-corrected chi connectivity index (χ1v) is 7.93. The first-order chi connectivity index (χ1) is 12.4. The molecule has 0 bridgehead atoms. The summed E-state index contributed by atoms with van der Waals surface area (Å²) in [6, 6.07) is 9.41. The Labute approximate surface area is 150 Å². The predicted molar refractivity (Wildman–Crippen MR) is 97.6 cm³/mol. The zero-order valence-corrected chi connectivity index (χ0v) is 14.8. The van der Waals surface area contributed by atoms with Crippen LogP contribution in [0.15, 0.2) is 55.0 Å². The van der Waals surface area contributed by atoms with E-state index < -0.39 is 5.95 Å². The molecule has 26 heavy (non-hydrogen) atoms. The summed E-state index contributed by atoms with van der Waals surface area (Å²) in [5.74, 6) is -0.869. The fourth-order valence-electron chi connectivity index (χ4n) is 2.17. The summed E-state index contributed by atoms with van der Waals surface area (Å²) >= 11 is 0. The lowest BCUT2D eigenvalue weighted by Crippen LogP contribution is -1.98. The first-order valence-electron chi connectivity index (χ1n) is 7.93. The molecular formula is C20H19F2N3O. The second kappa shape index (κ2) is 8.80. The summed E-state index contributed by atoms with van der Waals surface area (Å²) in [6.45, 7) is 5.11. The van der Waals surface area contributed by atoms with Crippen molar-refractivity contribution in [2.45, 2.75) is 20.8 Å². The number of aromatic nitrogens is 2. The van der Waals surface area contributed by atoms with Crippen molar-refractivity contribution in [2.75, 3.05) is 5.32 Å². The molecular weight excluding hydrogens is 336 g/mol. The summed E-state index contributed by atoms with van der Waals surface area (Å²) in [4.78, 5) is 18.2. The number of nitrogens with one attached hydrogen (secondary N) is 1. The molecule has 2 aromatic heterocycles. The third-order valence-electron chi connectivity index (χ3n) is 3.62. The lowest BCUT2D eigenvalue weighted by Gasteiger charge is -2.08. The Balaban J connectivity index is 0.000000197. The Morgan fingerprint density at radius 3 is 2.27 bits per heavy atom. The molecule has 0 saturated heterocycles. The van der Waals surface area contributed by atoms with Gasteiger partial charge in [-0.25, -0.2) is 9.37 Å². The highest BCUT2D eigenvalue weighted by atomic mass is 19.1. The van der Waals surface area contributed by atoms with Crippen LogP contribution < -0.4 is 5.32 Å². The minimum absolute atomic E-state index is 0.0880. The van der Waals surface area contributed by atoms with Crippen LogP contribution in [0.1, 0.15) is 28.4 Å². The lowest BCUT2D eigenvalue weighted by atomic mass is 10.1. The lowest BCUT2D eigenvalue weighted by molar-refractivity contribution is 0.101. The van der Waals surface area contributed by atoms with E-state index in [9.17, 15) is 13.6 Å². The molecule has 1 aromatic carbocycles. The van der Waals surface area contributed by atoms with E-state index in [0.29, 0.717) is 11.1 Å². The van der Waals surface area contributed by atoms with Crippen molar-refractivity contribution in [3.8, 4) is 0 Å². The molecule has 0 unspecified atom stereocenters. The van der Waals surface area contributed by atoms with Gasteiger partial charge >= 0.3 is 0 Å². The highest BCUT2D eigenvalue weighted by Gasteiger charge is 2.04. The van der Waals surface area contributed by atoms with Gasteiger partial charge in [0.2, 0.25) is 5.95 Å². The van der Waals surface area contributed by atoms with Crippen LogP contribution in [-0.2, 0) is 0 Å². The van der Waals surface area contributed by atoms with Gasteiger partial charge in [0, 0.05) is 23.6 Å². The molecule has 0 aliphatic carbocycles. The summed E-state index contributed by atoms with van der Waals surface area (Å²) in [6.07, 6.45) is 4.75. The van der Waals surface area contributed by atoms with Crippen molar-refractivity contribution in [3.63, 3.8) is 0 Å². The highest BCUT2D eigenvalue weighted by Crippen LogP contribution is 2.18. The fourth-order valence-corrected chi connectivity index (χ4v) is 2.17. The van der Waals surface area contributed by atoms with Gasteiger partial charge in [-0.2, -0.15) is 4.39 Å². The Kier molecular flexibility index (Phi) is 6.49. The maximum atomic E-state index is 12.7. The van der Waals surface area contributed by atoms with Gasteiger partial charge in [-0.05, 0) is 68.3 Å². The third kappa shape index (κ3) is 5.44. The molecule has 0 saturated carbocycles. The van der Waals surface area contributed by atoms with E-state index in [2.05, 4.69) is 15.3 Å². The van der Waals surface area contributed by atoms with Crippen molar-refractivity contribution < 1.29 is 13.6 Å². The molecule has 1 N–H and O–H groups in total. The SMILES string of the molecule is CC(=O)c1cnc(F)cc1C.Cc1ccncc1Nc1ccc(F)cc1. The van der Waals surface area contributed by atoms with Crippen molar-refractivity contribution >= 4 is 17.2 Å². The van der Waals surface area contributed by atoms with Crippen LogP contribution in [0.3, 0.4) is 0 Å².